The molecule has 1 aromatic heterocycles. The molecule has 0 spiro atoms. The van der Waals surface area contributed by atoms with E-state index in [9.17, 15) is 17.6 Å². The minimum absolute atomic E-state index is 0.397. The maximum atomic E-state index is 14.2. The van der Waals surface area contributed by atoms with Crippen molar-refractivity contribution in [1.82, 2.24) is 4.98 Å². The molecule has 1 aliphatic heterocycles. The van der Waals surface area contributed by atoms with Gasteiger partial charge in [-0.25, -0.2) is 4.39 Å². The molecule has 0 saturated carbocycles. The molecule has 0 saturated heterocycles. The van der Waals surface area contributed by atoms with Gasteiger partial charge >= 0.3 is 6.18 Å². The van der Waals surface area contributed by atoms with Gasteiger partial charge in [-0.2, -0.15) is 13.2 Å². The van der Waals surface area contributed by atoms with Crippen molar-refractivity contribution in [2.75, 3.05) is 18.5 Å². The second-order valence-corrected chi connectivity index (χ2v) is 8.64. The minimum Gasteiger partial charge on any atom is -0.493 e. The van der Waals surface area contributed by atoms with Gasteiger partial charge in [0.2, 0.25) is 0 Å². The van der Waals surface area contributed by atoms with Crippen molar-refractivity contribution in [3.8, 4) is 5.75 Å². The van der Waals surface area contributed by atoms with Crippen molar-refractivity contribution in [2.24, 2.45) is 0 Å². The largest absolute Gasteiger partial charge is 0.493 e. The summed E-state index contributed by atoms with van der Waals surface area (Å²) in [6.45, 7) is 5.09. The molecule has 0 unspecified atom stereocenters. The highest BCUT2D eigenvalue weighted by Gasteiger charge is 2.37. The number of aromatic nitrogens is 1. The van der Waals surface area contributed by atoms with Crippen molar-refractivity contribution in [1.29, 1.82) is 0 Å². The monoisotopic (exact) mass is 444 g/mol. The second-order valence-electron chi connectivity index (χ2n) is 8.64. The van der Waals surface area contributed by atoms with Crippen LogP contribution in [0.2, 0.25) is 0 Å². The van der Waals surface area contributed by atoms with Crippen LogP contribution in [0.3, 0.4) is 0 Å². The van der Waals surface area contributed by atoms with Gasteiger partial charge in [-0.3, -0.25) is 4.98 Å². The Kier molecular flexibility index (Phi) is 5.61. The summed E-state index contributed by atoms with van der Waals surface area (Å²) in [6.07, 6.45) is -1.15. The van der Waals surface area contributed by atoms with Crippen LogP contribution in [0.15, 0.2) is 54.2 Å². The first-order valence-electron chi connectivity index (χ1n) is 10.4. The number of halogens is 4. The molecule has 0 atom stereocenters. The van der Waals surface area contributed by atoms with Crippen LogP contribution in [0.25, 0.3) is 10.8 Å². The van der Waals surface area contributed by atoms with E-state index in [0.29, 0.717) is 35.6 Å². The molecule has 0 aliphatic carbocycles. The molecule has 1 N–H and O–H groups in total. The van der Waals surface area contributed by atoms with E-state index in [1.807, 2.05) is 19.1 Å². The molecule has 2 aromatic carbocycles. The number of ether oxygens (including phenoxy) is 1. The summed E-state index contributed by atoms with van der Waals surface area (Å²) >= 11 is 0. The highest BCUT2D eigenvalue weighted by atomic mass is 19.4. The lowest BCUT2D eigenvalue weighted by atomic mass is 9.81. The topological polar surface area (TPSA) is 34.1 Å². The zero-order valence-corrected chi connectivity index (χ0v) is 18.1. The van der Waals surface area contributed by atoms with Crippen LogP contribution in [0.1, 0.15) is 30.7 Å². The van der Waals surface area contributed by atoms with Crippen LogP contribution >= 0.6 is 0 Å². The fraction of sp³-hybridized carbons (Fsp3) is 0.320. The van der Waals surface area contributed by atoms with Crippen molar-refractivity contribution in [3.05, 3.63) is 76.9 Å². The summed E-state index contributed by atoms with van der Waals surface area (Å²) in [6, 6.07) is 9.87. The summed E-state index contributed by atoms with van der Waals surface area (Å²) in [5, 5.41) is 4.58. The molecule has 4 rings (SSSR count). The molecule has 32 heavy (non-hydrogen) atoms. The Morgan fingerprint density at radius 1 is 1.19 bits per heavy atom. The Balaban J connectivity index is 1.69. The van der Waals surface area contributed by atoms with Crippen LogP contribution in [0, 0.1) is 12.7 Å². The lowest BCUT2D eigenvalue weighted by molar-refractivity contribution is -0.0924. The van der Waals surface area contributed by atoms with Crippen LogP contribution in [-0.4, -0.2) is 24.3 Å². The third-order valence-corrected chi connectivity index (χ3v) is 5.71. The van der Waals surface area contributed by atoms with Crippen molar-refractivity contribution in [2.45, 2.75) is 38.8 Å². The molecule has 168 valence electrons. The van der Waals surface area contributed by atoms with Gasteiger partial charge in [0, 0.05) is 63.4 Å². The second kappa shape index (κ2) is 8.11. The van der Waals surface area contributed by atoms with Gasteiger partial charge in [0.25, 0.3) is 0 Å². The number of hydrogen-bond donors (Lipinski definition) is 1. The first-order valence-corrected chi connectivity index (χ1v) is 10.4. The van der Waals surface area contributed by atoms with Crippen LogP contribution in [0.4, 0.5) is 23.2 Å². The zero-order chi connectivity index (χ0) is 23.1. The molecule has 3 nitrogen and oxygen atoms in total. The van der Waals surface area contributed by atoms with E-state index in [4.69, 9.17) is 4.74 Å². The van der Waals surface area contributed by atoms with Crippen LogP contribution < -0.4 is 10.1 Å². The number of hydrogen-bond acceptors (Lipinski definition) is 3. The molecule has 3 aromatic rings. The van der Waals surface area contributed by atoms with Crippen LogP contribution in [-0.2, 0) is 11.8 Å². The predicted octanol–water partition coefficient (Wildman–Crippen LogP) is 6.50. The molecule has 0 amide bonds. The van der Waals surface area contributed by atoms with Gasteiger partial charge in [0.05, 0.1) is 6.61 Å². The highest BCUT2D eigenvalue weighted by molar-refractivity contribution is 5.93. The molecule has 1 aliphatic rings. The van der Waals surface area contributed by atoms with E-state index in [1.165, 1.54) is 12.1 Å². The molecule has 2 heterocycles. The molecule has 0 radical (unpaired) electrons. The van der Waals surface area contributed by atoms with Crippen molar-refractivity contribution >= 4 is 16.5 Å². The van der Waals surface area contributed by atoms with E-state index in [0.717, 1.165) is 22.5 Å². The molecular weight excluding hydrogens is 420 g/mol. The fourth-order valence-corrected chi connectivity index (χ4v) is 4.11. The fourth-order valence-electron chi connectivity index (χ4n) is 4.11. The normalized spacial score (nSPS) is 14.4. The standard InChI is InChI=1S/C25H24F4N2O/c1-15-9-20-17(13-30-15)5-4-6-22(20)31-14-18(25(27,28)29)12-24(2,3)21-11-19(26)10-16-7-8-32-23(16)21/h4-6,9-13,31H,7-8,14H2,1-3H3/b18-12-. The Hall–Kier alpha value is -3.09. The van der Waals surface area contributed by atoms with E-state index < -0.39 is 29.5 Å². The summed E-state index contributed by atoms with van der Waals surface area (Å²) in [5.74, 6) is 0.0105. The predicted molar refractivity (Wildman–Crippen MR) is 118 cm³/mol. The van der Waals surface area contributed by atoms with Gasteiger partial charge in [-0.05, 0) is 31.2 Å². The number of benzene rings is 2. The number of pyridine rings is 1. The quantitative estimate of drug-likeness (QED) is 0.361. The van der Waals surface area contributed by atoms with E-state index in [1.54, 1.807) is 32.2 Å². The van der Waals surface area contributed by atoms with Crippen molar-refractivity contribution < 1.29 is 22.3 Å². The Bertz CT molecular complexity index is 1200. The maximum Gasteiger partial charge on any atom is 0.414 e. The van der Waals surface area contributed by atoms with E-state index in [-0.39, 0.29) is 0 Å². The summed E-state index contributed by atoms with van der Waals surface area (Å²) < 4.78 is 61.7. The van der Waals surface area contributed by atoms with Gasteiger partial charge in [0.1, 0.15) is 11.6 Å². The van der Waals surface area contributed by atoms with Crippen LogP contribution in [0.5, 0.6) is 5.75 Å². The maximum absolute atomic E-state index is 14.2. The van der Waals surface area contributed by atoms with Crippen molar-refractivity contribution in [3.63, 3.8) is 0 Å². The third-order valence-electron chi connectivity index (χ3n) is 5.71. The Morgan fingerprint density at radius 2 is 1.97 bits per heavy atom. The summed E-state index contributed by atoms with van der Waals surface area (Å²) in [4.78, 5) is 4.24. The number of alkyl halides is 3. The molecular formula is C25H24F4N2O. The number of allylic oxidation sites excluding steroid dienone is 1. The van der Waals surface area contributed by atoms with Gasteiger partial charge in [-0.1, -0.05) is 32.1 Å². The molecule has 0 bridgehead atoms. The molecule has 7 heteroatoms. The average Bonchev–Trinajstić information content (AvgIpc) is 3.17. The number of anilines is 1. The van der Waals surface area contributed by atoms with Gasteiger partial charge < -0.3 is 10.1 Å². The van der Waals surface area contributed by atoms with Gasteiger partial charge in [-0.15, -0.1) is 0 Å². The minimum atomic E-state index is -4.55. The third kappa shape index (κ3) is 4.42. The Labute approximate surface area is 184 Å². The number of nitrogens with zero attached hydrogens (tertiary/aromatic N) is 1. The lowest BCUT2D eigenvalue weighted by Crippen LogP contribution is -2.25. The Morgan fingerprint density at radius 3 is 2.72 bits per heavy atom. The number of rotatable bonds is 5. The summed E-state index contributed by atoms with van der Waals surface area (Å²) in [5.41, 5.74) is 0.644. The SMILES string of the molecule is Cc1cc2c(NC/C(=C/C(C)(C)c3cc(F)cc4c3OCC4)C(F)(F)F)cccc2cn1. The number of fused-ring (bicyclic) bond motifs is 2. The molecule has 0 fully saturated rings. The first-order chi connectivity index (χ1) is 15.0. The average molecular weight is 444 g/mol. The zero-order valence-electron chi connectivity index (χ0n) is 18.1. The first kappa shape index (κ1) is 22.1. The number of nitrogens with one attached hydrogen (secondary N) is 1. The van der Waals surface area contributed by atoms with Gasteiger partial charge in [0.15, 0.2) is 0 Å². The lowest BCUT2D eigenvalue weighted by Gasteiger charge is -2.26. The smallest absolute Gasteiger partial charge is 0.414 e. The van der Waals surface area contributed by atoms with E-state index in [2.05, 4.69) is 10.3 Å². The highest BCUT2D eigenvalue weighted by Crippen LogP contribution is 2.41. The summed E-state index contributed by atoms with van der Waals surface area (Å²) in [7, 11) is 0. The van der Waals surface area contributed by atoms with E-state index >= 15 is 0 Å². The number of aryl methyl sites for hydroxylation is 1.